The van der Waals surface area contributed by atoms with Crippen molar-refractivity contribution in [3.05, 3.63) is 24.3 Å². The molecule has 1 aliphatic carbocycles. The van der Waals surface area contributed by atoms with Crippen LogP contribution in [0.25, 0.3) is 0 Å². The summed E-state index contributed by atoms with van der Waals surface area (Å²) in [5.74, 6) is -0.820. The summed E-state index contributed by atoms with van der Waals surface area (Å²) in [4.78, 5) is 10.4. The molecular weight excluding hydrogens is 320 g/mol. The van der Waals surface area contributed by atoms with E-state index in [0.29, 0.717) is 25.7 Å². The quantitative estimate of drug-likeness (QED) is 0.319. The van der Waals surface area contributed by atoms with Crippen molar-refractivity contribution in [3.8, 4) is 0 Å². The zero-order valence-electron chi connectivity index (χ0n) is 15.3. The van der Waals surface area contributed by atoms with E-state index in [9.17, 15) is 20.1 Å². The van der Waals surface area contributed by atoms with Gasteiger partial charge in [-0.05, 0) is 31.6 Å². The van der Waals surface area contributed by atoms with Crippen LogP contribution in [0.3, 0.4) is 0 Å². The number of carboxylic acid groups (broad SMARTS) is 1. The zero-order chi connectivity index (χ0) is 18.7. The molecule has 0 aromatic carbocycles. The first-order chi connectivity index (χ1) is 12.0. The molecule has 0 aromatic heterocycles. The number of allylic oxidation sites excluding steroid dienone is 1. The Bertz CT molecular complexity index is 432. The highest BCUT2D eigenvalue weighted by Gasteiger charge is 2.39. The largest absolute Gasteiger partial charge is 0.481 e. The number of carboxylic acids is 1. The van der Waals surface area contributed by atoms with E-state index in [1.807, 2.05) is 18.2 Å². The van der Waals surface area contributed by atoms with E-state index in [1.54, 1.807) is 6.08 Å². The summed E-state index contributed by atoms with van der Waals surface area (Å²) in [6.45, 7) is 2.14. The molecule has 1 aliphatic rings. The Morgan fingerprint density at radius 3 is 2.60 bits per heavy atom. The van der Waals surface area contributed by atoms with Crippen molar-refractivity contribution in [3.63, 3.8) is 0 Å². The van der Waals surface area contributed by atoms with Gasteiger partial charge in [-0.25, -0.2) is 0 Å². The van der Waals surface area contributed by atoms with E-state index >= 15 is 0 Å². The van der Waals surface area contributed by atoms with E-state index in [-0.39, 0.29) is 18.3 Å². The molecule has 0 heterocycles. The molecule has 5 unspecified atom stereocenters. The van der Waals surface area contributed by atoms with Gasteiger partial charge in [0.2, 0.25) is 0 Å². The Kier molecular flexibility index (Phi) is 10.7. The van der Waals surface area contributed by atoms with Crippen LogP contribution in [0.4, 0.5) is 0 Å². The fraction of sp³-hybridized carbons (Fsp3) is 0.750. The van der Waals surface area contributed by atoms with Crippen LogP contribution in [-0.4, -0.2) is 44.7 Å². The standard InChI is InChI=1S/C20H34O5/c1-2-3-6-10-16-17(19(23)14-18(16)22)13-12-15(21)9-7-4-5-8-11-20(24)25/h4,7,12-13,15-19,21-23H,2-3,5-6,8-11,14H2,1H3,(H,24,25)/b7-4-,13-12+. The Balaban J connectivity index is 2.39. The molecule has 144 valence electrons. The van der Waals surface area contributed by atoms with Gasteiger partial charge in [-0.3, -0.25) is 4.79 Å². The van der Waals surface area contributed by atoms with Crippen LogP contribution in [0, 0.1) is 11.8 Å². The molecular formula is C20H34O5. The van der Waals surface area contributed by atoms with Crippen molar-refractivity contribution in [2.45, 2.75) is 83.0 Å². The third-order valence-electron chi connectivity index (χ3n) is 4.92. The summed E-state index contributed by atoms with van der Waals surface area (Å²) in [6.07, 6.45) is 12.2. The Hall–Kier alpha value is -1.17. The summed E-state index contributed by atoms with van der Waals surface area (Å²) >= 11 is 0. The molecule has 0 amide bonds. The number of aliphatic hydroxyl groups excluding tert-OH is 3. The van der Waals surface area contributed by atoms with Gasteiger partial charge >= 0.3 is 5.97 Å². The molecule has 1 saturated carbocycles. The maximum atomic E-state index is 10.4. The minimum Gasteiger partial charge on any atom is -0.481 e. The zero-order valence-corrected chi connectivity index (χ0v) is 15.3. The summed E-state index contributed by atoms with van der Waals surface area (Å²) < 4.78 is 0. The van der Waals surface area contributed by atoms with Gasteiger partial charge in [0.15, 0.2) is 0 Å². The molecule has 25 heavy (non-hydrogen) atoms. The van der Waals surface area contributed by atoms with E-state index in [0.717, 1.165) is 25.7 Å². The molecule has 0 bridgehead atoms. The molecule has 1 fully saturated rings. The fourth-order valence-electron chi connectivity index (χ4n) is 3.47. The molecule has 0 saturated heterocycles. The lowest BCUT2D eigenvalue weighted by atomic mass is 9.88. The van der Waals surface area contributed by atoms with Crippen LogP contribution in [-0.2, 0) is 4.79 Å². The average Bonchev–Trinajstić information content (AvgIpc) is 2.82. The third kappa shape index (κ3) is 8.66. The molecule has 0 aliphatic heterocycles. The van der Waals surface area contributed by atoms with Gasteiger partial charge in [-0.2, -0.15) is 0 Å². The van der Waals surface area contributed by atoms with Gasteiger partial charge in [-0.1, -0.05) is 50.5 Å². The number of hydrogen-bond acceptors (Lipinski definition) is 4. The highest BCUT2D eigenvalue weighted by atomic mass is 16.4. The summed E-state index contributed by atoms with van der Waals surface area (Å²) in [7, 11) is 0. The van der Waals surface area contributed by atoms with Crippen molar-refractivity contribution in [2.75, 3.05) is 0 Å². The molecule has 5 nitrogen and oxygen atoms in total. The molecule has 0 aromatic rings. The normalized spacial score (nSPS) is 28.2. The predicted octanol–water partition coefficient (Wildman–Crippen LogP) is 3.04. The van der Waals surface area contributed by atoms with Crippen LogP contribution in [0.2, 0.25) is 0 Å². The van der Waals surface area contributed by atoms with Crippen LogP contribution in [0.15, 0.2) is 24.3 Å². The Morgan fingerprint density at radius 2 is 1.92 bits per heavy atom. The van der Waals surface area contributed by atoms with E-state index in [4.69, 9.17) is 5.11 Å². The van der Waals surface area contributed by atoms with Gasteiger partial charge in [0.05, 0.1) is 18.3 Å². The van der Waals surface area contributed by atoms with Gasteiger partial charge in [-0.15, -0.1) is 0 Å². The number of carbonyl (C=O) groups is 1. The topological polar surface area (TPSA) is 98.0 Å². The first-order valence-corrected chi connectivity index (χ1v) is 9.55. The maximum Gasteiger partial charge on any atom is 0.303 e. The lowest BCUT2D eigenvalue weighted by Crippen LogP contribution is -2.21. The van der Waals surface area contributed by atoms with Crippen LogP contribution >= 0.6 is 0 Å². The molecule has 0 radical (unpaired) electrons. The minimum absolute atomic E-state index is 0.0663. The van der Waals surface area contributed by atoms with Crippen molar-refractivity contribution >= 4 is 5.97 Å². The highest BCUT2D eigenvalue weighted by Crippen LogP contribution is 2.37. The van der Waals surface area contributed by atoms with Gasteiger partial charge in [0.25, 0.3) is 0 Å². The van der Waals surface area contributed by atoms with E-state index in [2.05, 4.69) is 6.92 Å². The molecule has 5 atom stereocenters. The van der Waals surface area contributed by atoms with Crippen molar-refractivity contribution in [1.29, 1.82) is 0 Å². The van der Waals surface area contributed by atoms with Crippen LogP contribution < -0.4 is 0 Å². The molecule has 5 heteroatoms. The smallest absolute Gasteiger partial charge is 0.303 e. The Morgan fingerprint density at radius 1 is 1.16 bits per heavy atom. The second-order valence-corrected chi connectivity index (χ2v) is 7.05. The number of hydrogen-bond donors (Lipinski definition) is 4. The van der Waals surface area contributed by atoms with Crippen molar-refractivity contribution in [1.82, 2.24) is 0 Å². The fourth-order valence-corrected chi connectivity index (χ4v) is 3.47. The lowest BCUT2D eigenvalue weighted by molar-refractivity contribution is -0.137. The maximum absolute atomic E-state index is 10.4. The SMILES string of the molecule is CCCCCC1C(O)CC(O)C1/C=C/C(O)C/C=C\CCCC(=O)O. The average molecular weight is 354 g/mol. The minimum atomic E-state index is -0.790. The van der Waals surface area contributed by atoms with Gasteiger partial charge < -0.3 is 20.4 Å². The lowest BCUT2D eigenvalue weighted by Gasteiger charge is -2.21. The first-order valence-electron chi connectivity index (χ1n) is 9.55. The number of unbranched alkanes of at least 4 members (excludes halogenated alkanes) is 3. The second kappa shape index (κ2) is 12.2. The molecule has 0 spiro atoms. The number of aliphatic carboxylic acids is 1. The van der Waals surface area contributed by atoms with E-state index in [1.165, 1.54) is 0 Å². The molecule has 4 N–H and O–H groups in total. The first kappa shape index (κ1) is 21.9. The summed E-state index contributed by atoms with van der Waals surface area (Å²) in [5.41, 5.74) is 0. The number of aliphatic hydroxyl groups is 3. The Labute approximate surface area is 151 Å². The predicted molar refractivity (Wildman–Crippen MR) is 98.1 cm³/mol. The van der Waals surface area contributed by atoms with Gasteiger partial charge in [0, 0.05) is 18.8 Å². The van der Waals surface area contributed by atoms with Crippen molar-refractivity contribution in [2.24, 2.45) is 11.8 Å². The molecule has 1 rings (SSSR count). The van der Waals surface area contributed by atoms with Gasteiger partial charge in [0.1, 0.15) is 0 Å². The van der Waals surface area contributed by atoms with Crippen LogP contribution in [0.5, 0.6) is 0 Å². The van der Waals surface area contributed by atoms with Crippen LogP contribution in [0.1, 0.15) is 64.7 Å². The monoisotopic (exact) mass is 354 g/mol. The summed E-state index contributed by atoms with van der Waals surface area (Å²) in [5, 5.41) is 38.9. The summed E-state index contributed by atoms with van der Waals surface area (Å²) in [6, 6.07) is 0. The number of rotatable bonds is 12. The van der Waals surface area contributed by atoms with Crippen molar-refractivity contribution < 1.29 is 25.2 Å². The van der Waals surface area contributed by atoms with E-state index < -0.39 is 24.3 Å². The highest BCUT2D eigenvalue weighted by molar-refractivity contribution is 5.66. The second-order valence-electron chi connectivity index (χ2n) is 7.05. The third-order valence-corrected chi connectivity index (χ3v) is 4.92.